The summed E-state index contributed by atoms with van der Waals surface area (Å²) in [6.45, 7) is 4.92. The number of para-hydroxylation sites is 1. The number of anilines is 2. The number of carbonyl (C=O) groups excluding carboxylic acids is 2. The fraction of sp³-hybridized carbons (Fsp3) is 0.231. The maximum atomic E-state index is 13.7. The molecule has 0 radical (unpaired) electrons. The van der Waals surface area contributed by atoms with Crippen LogP contribution in [0.15, 0.2) is 76.5 Å². The minimum Gasteiger partial charge on any atom is -0.295 e. The lowest BCUT2D eigenvalue weighted by molar-refractivity contribution is -0.119. The number of benzene rings is 3. The number of ketones is 1. The molecule has 1 amide bonds. The van der Waals surface area contributed by atoms with E-state index in [9.17, 15) is 9.59 Å². The maximum absolute atomic E-state index is 13.7. The van der Waals surface area contributed by atoms with Crippen LogP contribution >= 0.6 is 11.8 Å². The lowest BCUT2D eigenvalue weighted by atomic mass is 9.93. The molecule has 4 nitrogen and oxygen atoms in total. The standard InChI is InChI=1S/C26H24N2O2S/c1-17-21-8-4-3-7-19(21)13-14-27(17)16-26(30)28-22-9-5-6-10-24(22)31-25-12-11-20(18(2)29)15-23(25)28/h3-12,15,17H,13-14,16H2,1-2H3. The summed E-state index contributed by atoms with van der Waals surface area (Å²) in [5, 5.41) is 0. The van der Waals surface area contributed by atoms with Crippen molar-refractivity contribution in [2.24, 2.45) is 0 Å². The lowest BCUT2D eigenvalue weighted by Crippen LogP contribution is -2.43. The van der Waals surface area contributed by atoms with Gasteiger partial charge in [-0.15, -0.1) is 0 Å². The van der Waals surface area contributed by atoms with Crippen molar-refractivity contribution < 1.29 is 9.59 Å². The van der Waals surface area contributed by atoms with E-state index in [2.05, 4.69) is 36.1 Å². The average Bonchev–Trinajstić information content (AvgIpc) is 2.79. The molecule has 1 atom stereocenters. The minimum atomic E-state index is 0.000294. The van der Waals surface area contributed by atoms with Crippen LogP contribution in [-0.4, -0.2) is 29.7 Å². The molecular formula is C26H24N2O2S. The van der Waals surface area contributed by atoms with Crippen molar-refractivity contribution in [3.63, 3.8) is 0 Å². The van der Waals surface area contributed by atoms with Crippen LogP contribution in [0.3, 0.4) is 0 Å². The highest BCUT2D eigenvalue weighted by molar-refractivity contribution is 7.99. The number of fused-ring (bicyclic) bond motifs is 3. The number of amides is 1. The molecule has 2 aliphatic rings. The molecule has 0 N–H and O–H groups in total. The summed E-state index contributed by atoms with van der Waals surface area (Å²) in [6, 6.07) is 22.3. The van der Waals surface area contributed by atoms with Gasteiger partial charge in [0.2, 0.25) is 5.91 Å². The van der Waals surface area contributed by atoms with Crippen LogP contribution in [-0.2, 0) is 11.2 Å². The molecule has 0 bridgehead atoms. The topological polar surface area (TPSA) is 40.6 Å². The predicted molar refractivity (Wildman–Crippen MR) is 124 cm³/mol. The second kappa shape index (κ2) is 7.98. The molecule has 5 rings (SSSR count). The molecule has 156 valence electrons. The molecule has 1 unspecified atom stereocenters. The Labute approximate surface area is 186 Å². The molecule has 2 heterocycles. The molecule has 0 spiro atoms. The molecule has 5 heteroatoms. The lowest BCUT2D eigenvalue weighted by Gasteiger charge is -2.37. The zero-order valence-electron chi connectivity index (χ0n) is 17.7. The first kappa shape index (κ1) is 20.0. The first-order chi connectivity index (χ1) is 15.0. The van der Waals surface area contributed by atoms with Crippen LogP contribution in [0.25, 0.3) is 0 Å². The fourth-order valence-electron chi connectivity index (χ4n) is 4.53. The zero-order valence-corrected chi connectivity index (χ0v) is 18.5. The van der Waals surface area contributed by atoms with Gasteiger partial charge in [-0.2, -0.15) is 0 Å². The largest absolute Gasteiger partial charge is 0.295 e. The average molecular weight is 429 g/mol. The van der Waals surface area contributed by atoms with Gasteiger partial charge in [-0.3, -0.25) is 19.4 Å². The molecule has 2 aliphatic heterocycles. The minimum absolute atomic E-state index is 0.000294. The van der Waals surface area contributed by atoms with Gasteiger partial charge in [0.15, 0.2) is 5.78 Å². The number of rotatable bonds is 3. The monoisotopic (exact) mass is 428 g/mol. The predicted octanol–water partition coefficient (Wildman–Crippen LogP) is 5.64. The second-order valence-corrected chi connectivity index (χ2v) is 9.22. The van der Waals surface area contributed by atoms with Crippen LogP contribution in [0, 0.1) is 0 Å². The Morgan fingerprint density at radius 2 is 1.71 bits per heavy atom. The van der Waals surface area contributed by atoms with Gasteiger partial charge >= 0.3 is 0 Å². The maximum Gasteiger partial charge on any atom is 0.245 e. The van der Waals surface area contributed by atoms with Gasteiger partial charge in [-0.25, -0.2) is 0 Å². The SMILES string of the molecule is CC(=O)c1ccc2c(c1)N(C(=O)CN1CCc3ccccc3C1C)c1ccccc1S2. The molecule has 0 aromatic heterocycles. The van der Waals surface area contributed by atoms with Crippen molar-refractivity contribution in [2.75, 3.05) is 18.0 Å². The highest BCUT2D eigenvalue weighted by Crippen LogP contribution is 2.48. The Hall–Kier alpha value is -2.89. The van der Waals surface area contributed by atoms with Crippen molar-refractivity contribution in [1.82, 2.24) is 4.90 Å². The first-order valence-corrected chi connectivity index (χ1v) is 11.4. The summed E-state index contributed by atoms with van der Waals surface area (Å²) in [5.74, 6) is 0.0289. The highest BCUT2D eigenvalue weighted by atomic mass is 32.2. The molecule has 31 heavy (non-hydrogen) atoms. The van der Waals surface area contributed by atoms with E-state index in [1.807, 2.05) is 42.5 Å². The van der Waals surface area contributed by atoms with Gasteiger partial charge < -0.3 is 0 Å². The van der Waals surface area contributed by atoms with Crippen molar-refractivity contribution in [3.8, 4) is 0 Å². The van der Waals surface area contributed by atoms with Crippen LogP contribution < -0.4 is 4.90 Å². The van der Waals surface area contributed by atoms with Gasteiger partial charge in [-0.05, 0) is 55.7 Å². The van der Waals surface area contributed by atoms with Crippen LogP contribution in [0.5, 0.6) is 0 Å². The molecule has 3 aromatic carbocycles. The van der Waals surface area contributed by atoms with Crippen LogP contribution in [0.4, 0.5) is 11.4 Å². The van der Waals surface area contributed by atoms with Gasteiger partial charge in [0, 0.05) is 27.9 Å². The van der Waals surface area contributed by atoms with Crippen LogP contribution in [0.1, 0.15) is 41.4 Å². The normalized spacial score (nSPS) is 17.5. The Bertz CT molecular complexity index is 1190. The van der Waals surface area contributed by atoms with Crippen LogP contribution in [0.2, 0.25) is 0 Å². The third-order valence-electron chi connectivity index (χ3n) is 6.24. The van der Waals surface area contributed by atoms with E-state index in [0.29, 0.717) is 12.1 Å². The van der Waals surface area contributed by atoms with E-state index in [0.717, 1.165) is 34.1 Å². The summed E-state index contributed by atoms with van der Waals surface area (Å²) in [6.07, 6.45) is 0.950. The van der Waals surface area contributed by atoms with Gasteiger partial charge in [0.1, 0.15) is 0 Å². The first-order valence-electron chi connectivity index (χ1n) is 10.6. The summed E-state index contributed by atoms with van der Waals surface area (Å²) >= 11 is 1.64. The van der Waals surface area contributed by atoms with E-state index in [-0.39, 0.29) is 17.7 Å². The Morgan fingerprint density at radius 3 is 2.55 bits per heavy atom. The molecule has 0 saturated carbocycles. The van der Waals surface area contributed by atoms with Crippen molar-refractivity contribution in [1.29, 1.82) is 0 Å². The Morgan fingerprint density at radius 1 is 0.968 bits per heavy atom. The number of carbonyl (C=O) groups is 2. The molecule has 0 fully saturated rings. The summed E-state index contributed by atoms with van der Waals surface area (Å²) in [5.41, 5.74) is 4.98. The van der Waals surface area contributed by atoms with Gasteiger partial charge in [0.25, 0.3) is 0 Å². The molecular weight excluding hydrogens is 404 g/mol. The number of hydrogen-bond donors (Lipinski definition) is 0. The number of hydrogen-bond acceptors (Lipinski definition) is 4. The van der Waals surface area contributed by atoms with Gasteiger partial charge in [-0.1, -0.05) is 54.2 Å². The third-order valence-corrected chi connectivity index (χ3v) is 7.37. The highest BCUT2D eigenvalue weighted by Gasteiger charge is 2.32. The second-order valence-electron chi connectivity index (χ2n) is 8.13. The van der Waals surface area contributed by atoms with E-state index < -0.39 is 0 Å². The van der Waals surface area contributed by atoms with Crippen molar-refractivity contribution >= 4 is 34.8 Å². The quantitative estimate of drug-likeness (QED) is 0.507. The Balaban J connectivity index is 1.50. The smallest absolute Gasteiger partial charge is 0.245 e. The van der Waals surface area contributed by atoms with Crippen molar-refractivity contribution in [2.45, 2.75) is 36.1 Å². The van der Waals surface area contributed by atoms with E-state index in [1.165, 1.54) is 11.1 Å². The molecule has 3 aromatic rings. The summed E-state index contributed by atoms with van der Waals surface area (Å²) < 4.78 is 0. The summed E-state index contributed by atoms with van der Waals surface area (Å²) in [7, 11) is 0. The van der Waals surface area contributed by atoms with E-state index in [4.69, 9.17) is 0 Å². The van der Waals surface area contributed by atoms with E-state index in [1.54, 1.807) is 23.6 Å². The molecule has 0 saturated heterocycles. The Kier molecular flexibility index (Phi) is 5.16. The molecule has 0 aliphatic carbocycles. The fourth-order valence-corrected chi connectivity index (χ4v) is 5.57. The van der Waals surface area contributed by atoms with Crippen molar-refractivity contribution in [3.05, 3.63) is 83.4 Å². The van der Waals surface area contributed by atoms with Gasteiger partial charge in [0.05, 0.1) is 17.9 Å². The number of nitrogens with zero attached hydrogens (tertiary/aromatic N) is 2. The van der Waals surface area contributed by atoms with E-state index >= 15 is 0 Å². The zero-order chi connectivity index (χ0) is 21.5. The third kappa shape index (κ3) is 3.58. The number of Topliss-reactive ketones (excluding diaryl/α,β-unsaturated/α-hetero) is 1. The summed E-state index contributed by atoms with van der Waals surface area (Å²) in [4.78, 5) is 31.8.